The van der Waals surface area contributed by atoms with E-state index in [4.69, 9.17) is 27.9 Å². The van der Waals surface area contributed by atoms with Gasteiger partial charge in [-0.2, -0.15) is 0 Å². The van der Waals surface area contributed by atoms with Crippen LogP contribution in [-0.2, 0) is 4.74 Å². The zero-order valence-electron chi connectivity index (χ0n) is 9.40. The van der Waals surface area contributed by atoms with Gasteiger partial charge in [0.15, 0.2) is 0 Å². The summed E-state index contributed by atoms with van der Waals surface area (Å²) in [6, 6.07) is 5.23. The molecule has 1 saturated heterocycles. The van der Waals surface area contributed by atoms with Crippen LogP contribution < -0.4 is 0 Å². The Morgan fingerprint density at radius 2 is 1.94 bits per heavy atom. The Kier molecular flexibility index (Phi) is 4.65. The number of aliphatic hydroxyl groups excluding tert-OH is 1. The molecule has 1 aromatic carbocycles. The smallest absolute Gasteiger partial charge is 0.0917 e. The van der Waals surface area contributed by atoms with Gasteiger partial charge in [-0.1, -0.05) is 29.3 Å². The van der Waals surface area contributed by atoms with E-state index in [1.54, 1.807) is 18.2 Å². The number of nitrogens with zero attached hydrogens (tertiary/aromatic N) is 1. The molecule has 0 saturated carbocycles. The zero-order chi connectivity index (χ0) is 12.3. The highest BCUT2D eigenvalue weighted by Gasteiger charge is 2.16. The van der Waals surface area contributed by atoms with Crippen molar-refractivity contribution in [1.29, 1.82) is 0 Å². The molecule has 1 heterocycles. The quantitative estimate of drug-likeness (QED) is 0.920. The number of hydrogen-bond acceptors (Lipinski definition) is 3. The molecule has 0 bridgehead atoms. The topological polar surface area (TPSA) is 32.7 Å². The molecule has 1 aromatic rings. The molecule has 1 atom stereocenters. The Balaban J connectivity index is 1.98. The first kappa shape index (κ1) is 13.1. The molecule has 1 aliphatic rings. The molecule has 17 heavy (non-hydrogen) atoms. The molecule has 0 aromatic heterocycles. The number of benzene rings is 1. The summed E-state index contributed by atoms with van der Waals surface area (Å²) in [7, 11) is 0. The van der Waals surface area contributed by atoms with Crippen LogP contribution in [0, 0.1) is 0 Å². The molecular weight excluding hydrogens is 261 g/mol. The van der Waals surface area contributed by atoms with Gasteiger partial charge in [-0.05, 0) is 17.7 Å². The lowest BCUT2D eigenvalue weighted by Crippen LogP contribution is -2.38. The molecule has 1 aliphatic heterocycles. The summed E-state index contributed by atoms with van der Waals surface area (Å²) in [5.74, 6) is 0. The lowest BCUT2D eigenvalue weighted by Gasteiger charge is -2.28. The third-order valence-electron chi connectivity index (χ3n) is 2.86. The monoisotopic (exact) mass is 275 g/mol. The van der Waals surface area contributed by atoms with Crippen LogP contribution in [0.25, 0.3) is 0 Å². The maximum Gasteiger partial charge on any atom is 0.0917 e. The first-order chi connectivity index (χ1) is 8.16. The zero-order valence-corrected chi connectivity index (χ0v) is 10.9. The van der Waals surface area contributed by atoms with E-state index >= 15 is 0 Å². The number of aliphatic hydroxyl groups is 1. The Labute approximate surface area is 111 Å². The largest absolute Gasteiger partial charge is 0.387 e. The summed E-state index contributed by atoms with van der Waals surface area (Å²) in [5, 5.41) is 11.1. The Bertz CT molecular complexity index is 381. The van der Waals surface area contributed by atoms with Crippen molar-refractivity contribution in [2.45, 2.75) is 6.10 Å². The molecule has 0 radical (unpaired) electrons. The van der Waals surface area contributed by atoms with Crippen LogP contribution in [0.3, 0.4) is 0 Å². The van der Waals surface area contributed by atoms with Crippen LogP contribution in [0.2, 0.25) is 10.0 Å². The molecule has 5 heteroatoms. The van der Waals surface area contributed by atoms with Crippen molar-refractivity contribution >= 4 is 23.2 Å². The van der Waals surface area contributed by atoms with Crippen molar-refractivity contribution in [3.8, 4) is 0 Å². The van der Waals surface area contributed by atoms with Crippen molar-refractivity contribution in [3.05, 3.63) is 33.8 Å². The molecule has 3 nitrogen and oxygen atoms in total. The average molecular weight is 276 g/mol. The van der Waals surface area contributed by atoms with Gasteiger partial charge in [-0.25, -0.2) is 0 Å². The molecule has 2 rings (SSSR count). The third kappa shape index (κ3) is 3.57. The van der Waals surface area contributed by atoms with Crippen LogP contribution >= 0.6 is 23.2 Å². The van der Waals surface area contributed by atoms with Crippen LogP contribution in [0.4, 0.5) is 0 Å². The average Bonchev–Trinajstić information content (AvgIpc) is 2.34. The predicted molar refractivity (Wildman–Crippen MR) is 68.7 cm³/mol. The van der Waals surface area contributed by atoms with Crippen molar-refractivity contribution in [2.75, 3.05) is 32.8 Å². The number of hydrogen-bond donors (Lipinski definition) is 1. The van der Waals surface area contributed by atoms with E-state index in [2.05, 4.69) is 4.90 Å². The van der Waals surface area contributed by atoms with Gasteiger partial charge in [-0.3, -0.25) is 4.90 Å². The fraction of sp³-hybridized carbons (Fsp3) is 0.500. The van der Waals surface area contributed by atoms with Gasteiger partial charge < -0.3 is 9.84 Å². The van der Waals surface area contributed by atoms with Gasteiger partial charge in [-0.15, -0.1) is 0 Å². The first-order valence-electron chi connectivity index (χ1n) is 5.60. The number of halogens is 2. The van der Waals surface area contributed by atoms with Gasteiger partial charge in [0.2, 0.25) is 0 Å². The van der Waals surface area contributed by atoms with E-state index in [9.17, 15) is 5.11 Å². The Morgan fingerprint density at radius 1 is 1.24 bits per heavy atom. The highest BCUT2D eigenvalue weighted by Crippen LogP contribution is 2.26. The Hall–Kier alpha value is -0.320. The fourth-order valence-corrected chi connectivity index (χ4v) is 2.16. The van der Waals surface area contributed by atoms with Crippen molar-refractivity contribution in [3.63, 3.8) is 0 Å². The summed E-state index contributed by atoms with van der Waals surface area (Å²) in [4.78, 5) is 2.18. The third-order valence-corrected chi connectivity index (χ3v) is 3.60. The normalized spacial score (nSPS) is 19.2. The molecule has 1 fully saturated rings. The highest BCUT2D eigenvalue weighted by molar-refractivity contribution is 6.42. The second-order valence-electron chi connectivity index (χ2n) is 4.10. The van der Waals surface area contributed by atoms with E-state index in [-0.39, 0.29) is 0 Å². The van der Waals surface area contributed by atoms with E-state index < -0.39 is 6.10 Å². The van der Waals surface area contributed by atoms with E-state index in [0.717, 1.165) is 31.9 Å². The lowest BCUT2D eigenvalue weighted by molar-refractivity contribution is 0.0143. The van der Waals surface area contributed by atoms with Crippen LogP contribution in [-0.4, -0.2) is 42.9 Å². The van der Waals surface area contributed by atoms with E-state index in [1.165, 1.54) is 0 Å². The second-order valence-corrected chi connectivity index (χ2v) is 4.92. The minimum absolute atomic E-state index is 0.477. The summed E-state index contributed by atoms with van der Waals surface area (Å²) < 4.78 is 5.26. The molecular formula is C12H15Cl2NO2. The van der Waals surface area contributed by atoms with Crippen molar-refractivity contribution in [2.24, 2.45) is 0 Å². The summed E-state index contributed by atoms with van der Waals surface area (Å²) in [6.45, 7) is 3.78. The first-order valence-corrected chi connectivity index (χ1v) is 6.35. The molecule has 94 valence electrons. The highest BCUT2D eigenvalue weighted by atomic mass is 35.5. The van der Waals surface area contributed by atoms with Crippen molar-refractivity contribution in [1.82, 2.24) is 4.90 Å². The number of morpholine rings is 1. The SMILES string of the molecule is OC(CN1CCOCC1)c1ccc(Cl)c(Cl)c1. The van der Waals surface area contributed by atoms with Crippen LogP contribution in [0.1, 0.15) is 11.7 Å². The van der Waals surface area contributed by atoms with Gasteiger partial charge >= 0.3 is 0 Å². The maximum atomic E-state index is 10.1. The van der Waals surface area contributed by atoms with Crippen LogP contribution in [0.15, 0.2) is 18.2 Å². The number of rotatable bonds is 3. The van der Waals surface area contributed by atoms with Gasteiger partial charge in [0.25, 0.3) is 0 Å². The Morgan fingerprint density at radius 3 is 2.59 bits per heavy atom. The van der Waals surface area contributed by atoms with Gasteiger partial charge in [0, 0.05) is 19.6 Å². The standard InChI is InChI=1S/C12H15Cl2NO2/c13-10-2-1-9(7-11(10)14)12(16)8-15-3-5-17-6-4-15/h1-2,7,12,16H,3-6,8H2. The summed E-state index contributed by atoms with van der Waals surface area (Å²) >= 11 is 11.8. The molecule has 0 spiro atoms. The summed E-state index contributed by atoms with van der Waals surface area (Å²) in [6.07, 6.45) is -0.539. The number of ether oxygens (including phenoxy) is 1. The predicted octanol–water partition coefficient (Wildman–Crippen LogP) is 2.36. The summed E-state index contributed by atoms with van der Waals surface area (Å²) in [5.41, 5.74) is 0.797. The minimum Gasteiger partial charge on any atom is -0.387 e. The second kappa shape index (κ2) is 6.03. The van der Waals surface area contributed by atoms with E-state index in [0.29, 0.717) is 16.6 Å². The molecule has 1 unspecified atom stereocenters. The van der Waals surface area contributed by atoms with Crippen molar-refractivity contribution < 1.29 is 9.84 Å². The van der Waals surface area contributed by atoms with E-state index in [1.807, 2.05) is 0 Å². The minimum atomic E-state index is -0.539. The molecule has 0 aliphatic carbocycles. The van der Waals surface area contributed by atoms with Gasteiger partial charge in [0.05, 0.1) is 29.4 Å². The molecule has 1 N–H and O–H groups in total. The fourth-order valence-electron chi connectivity index (χ4n) is 1.85. The maximum absolute atomic E-state index is 10.1. The lowest BCUT2D eigenvalue weighted by atomic mass is 10.1. The van der Waals surface area contributed by atoms with Gasteiger partial charge in [0.1, 0.15) is 0 Å². The van der Waals surface area contributed by atoms with Crippen LogP contribution in [0.5, 0.6) is 0 Å². The number of β-amino-alcohol motifs (C(OH)–C–C–N with tert-alkyl or cyclic N) is 1. The molecule has 0 amide bonds.